The van der Waals surface area contributed by atoms with Gasteiger partial charge in [0.25, 0.3) is 5.91 Å². The third-order valence-corrected chi connectivity index (χ3v) is 5.62. The van der Waals surface area contributed by atoms with Gasteiger partial charge in [-0.1, -0.05) is 18.2 Å². The van der Waals surface area contributed by atoms with Crippen LogP contribution in [-0.2, 0) is 10.3 Å². The van der Waals surface area contributed by atoms with E-state index < -0.39 is 11.6 Å². The molecule has 7 nitrogen and oxygen atoms in total. The summed E-state index contributed by atoms with van der Waals surface area (Å²) in [4.78, 5) is 27.0. The predicted octanol–water partition coefficient (Wildman–Crippen LogP) is 4.09. The van der Waals surface area contributed by atoms with Crippen molar-refractivity contribution in [1.29, 1.82) is 0 Å². The molecule has 3 amide bonds. The molecule has 3 aromatic rings. The highest BCUT2D eigenvalue weighted by molar-refractivity contribution is 6.07. The van der Waals surface area contributed by atoms with Crippen molar-refractivity contribution in [1.82, 2.24) is 10.2 Å². The van der Waals surface area contributed by atoms with Crippen molar-refractivity contribution in [3.8, 4) is 17.2 Å². The van der Waals surface area contributed by atoms with Crippen LogP contribution in [0.25, 0.3) is 10.8 Å². The predicted molar refractivity (Wildman–Crippen MR) is 121 cm³/mol. The number of imide groups is 1. The van der Waals surface area contributed by atoms with Crippen LogP contribution in [-0.4, -0.2) is 43.7 Å². The summed E-state index contributed by atoms with van der Waals surface area (Å²) in [7, 11) is 1.62. The molecule has 0 unspecified atom stereocenters. The highest BCUT2D eigenvalue weighted by Crippen LogP contribution is 2.32. The first-order valence-corrected chi connectivity index (χ1v) is 10.5. The van der Waals surface area contributed by atoms with Gasteiger partial charge in [0.05, 0.1) is 20.3 Å². The summed E-state index contributed by atoms with van der Waals surface area (Å²) in [6.07, 6.45) is 0. The molecule has 0 spiro atoms. The second-order valence-corrected chi connectivity index (χ2v) is 7.69. The number of ether oxygens (including phenoxy) is 3. The van der Waals surface area contributed by atoms with E-state index in [1.54, 1.807) is 26.2 Å². The van der Waals surface area contributed by atoms with Gasteiger partial charge < -0.3 is 19.5 Å². The number of benzene rings is 3. The van der Waals surface area contributed by atoms with Gasteiger partial charge >= 0.3 is 6.03 Å². The van der Waals surface area contributed by atoms with E-state index in [0.717, 1.165) is 27.8 Å². The van der Waals surface area contributed by atoms with E-state index in [9.17, 15) is 9.59 Å². The average Bonchev–Trinajstić information content (AvgIpc) is 3.03. The maximum absolute atomic E-state index is 13.2. The van der Waals surface area contributed by atoms with Crippen molar-refractivity contribution in [2.75, 3.05) is 26.9 Å². The molecule has 0 bridgehead atoms. The first-order chi connectivity index (χ1) is 15.4. The van der Waals surface area contributed by atoms with Crippen LogP contribution in [0.1, 0.15) is 19.4 Å². The Morgan fingerprint density at radius 2 is 1.50 bits per heavy atom. The van der Waals surface area contributed by atoms with Crippen LogP contribution < -0.4 is 19.5 Å². The second-order valence-electron chi connectivity index (χ2n) is 7.69. The fourth-order valence-electron chi connectivity index (χ4n) is 3.81. The molecule has 1 atom stereocenters. The zero-order valence-corrected chi connectivity index (χ0v) is 18.4. The van der Waals surface area contributed by atoms with Gasteiger partial charge in [-0.2, -0.15) is 0 Å². The van der Waals surface area contributed by atoms with Gasteiger partial charge in [0.2, 0.25) is 0 Å². The maximum atomic E-state index is 13.2. The lowest BCUT2D eigenvalue weighted by molar-refractivity contribution is -0.131. The third kappa shape index (κ3) is 4.06. The lowest BCUT2D eigenvalue weighted by Crippen LogP contribution is -2.41. The van der Waals surface area contributed by atoms with Crippen molar-refractivity contribution in [2.24, 2.45) is 0 Å². The maximum Gasteiger partial charge on any atom is 0.325 e. The van der Waals surface area contributed by atoms with Crippen LogP contribution in [0.2, 0.25) is 0 Å². The molecule has 0 radical (unpaired) electrons. The molecule has 1 N–H and O–H groups in total. The van der Waals surface area contributed by atoms with Crippen molar-refractivity contribution >= 4 is 22.7 Å². The summed E-state index contributed by atoms with van der Waals surface area (Å²) >= 11 is 0. The van der Waals surface area contributed by atoms with Gasteiger partial charge in [-0.25, -0.2) is 4.79 Å². The third-order valence-electron chi connectivity index (χ3n) is 5.62. The van der Waals surface area contributed by atoms with Gasteiger partial charge in [0.15, 0.2) is 0 Å². The van der Waals surface area contributed by atoms with Crippen molar-refractivity contribution in [3.63, 3.8) is 0 Å². The van der Waals surface area contributed by atoms with E-state index in [0.29, 0.717) is 12.4 Å². The summed E-state index contributed by atoms with van der Waals surface area (Å²) in [6.45, 7) is 4.59. The zero-order valence-electron chi connectivity index (χ0n) is 18.4. The molecular weight excluding hydrogens is 408 g/mol. The number of carbonyl (C=O) groups excluding carboxylic acids is 2. The number of urea groups is 1. The summed E-state index contributed by atoms with van der Waals surface area (Å²) in [6, 6.07) is 18.2. The van der Waals surface area contributed by atoms with Gasteiger partial charge in [-0.15, -0.1) is 0 Å². The van der Waals surface area contributed by atoms with Crippen LogP contribution in [0.4, 0.5) is 4.79 Å². The Morgan fingerprint density at radius 1 is 0.875 bits per heavy atom. The lowest BCUT2D eigenvalue weighted by Gasteiger charge is -2.23. The molecular formula is C25H26N2O5. The van der Waals surface area contributed by atoms with Crippen LogP contribution in [0, 0.1) is 0 Å². The Bertz CT molecular complexity index is 1140. The zero-order chi connectivity index (χ0) is 22.7. The smallest absolute Gasteiger partial charge is 0.325 e. The summed E-state index contributed by atoms with van der Waals surface area (Å²) in [5.74, 6) is 1.87. The van der Waals surface area contributed by atoms with Crippen LogP contribution in [0.5, 0.6) is 17.2 Å². The van der Waals surface area contributed by atoms with Crippen LogP contribution in [0.15, 0.2) is 60.7 Å². The standard InChI is InChI=1S/C25H26N2O5/c1-4-31-20-9-11-21(12-10-20)32-14-13-27-23(28)25(2,26-24(27)29)19-7-5-18-16-22(30-3)8-6-17(18)15-19/h5-12,15-16H,4,13-14H2,1-3H3,(H,26,29)/t25-/m0/s1. The highest BCUT2D eigenvalue weighted by Gasteiger charge is 2.48. The number of methoxy groups -OCH3 is 1. The minimum atomic E-state index is -1.13. The van der Waals surface area contributed by atoms with Crippen molar-refractivity contribution in [2.45, 2.75) is 19.4 Å². The molecule has 7 heteroatoms. The Hall–Kier alpha value is -3.74. The normalized spacial score (nSPS) is 18.0. The number of amides is 3. The van der Waals surface area contributed by atoms with Crippen molar-refractivity contribution < 1.29 is 23.8 Å². The number of fused-ring (bicyclic) bond motifs is 1. The Balaban J connectivity index is 1.45. The SMILES string of the molecule is CCOc1ccc(OCCN2C(=O)N[C@@](C)(c3ccc4cc(OC)ccc4c3)C2=O)cc1. The highest BCUT2D eigenvalue weighted by atomic mass is 16.5. The first-order valence-electron chi connectivity index (χ1n) is 10.5. The molecule has 0 aliphatic carbocycles. The number of rotatable bonds is 8. The molecule has 1 saturated heterocycles. The fourth-order valence-corrected chi connectivity index (χ4v) is 3.81. The number of nitrogens with one attached hydrogen (secondary N) is 1. The minimum Gasteiger partial charge on any atom is -0.497 e. The van der Waals surface area contributed by atoms with E-state index in [-0.39, 0.29) is 19.1 Å². The van der Waals surface area contributed by atoms with Gasteiger partial charge in [0.1, 0.15) is 29.4 Å². The number of hydrogen-bond acceptors (Lipinski definition) is 5. The van der Waals surface area contributed by atoms with Gasteiger partial charge in [-0.3, -0.25) is 9.69 Å². The van der Waals surface area contributed by atoms with E-state index in [1.807, 2.05) is 55.5 Å². The van der Waals surface area contributed by atoms with Crippen LogP contribution >= 0.6 is 0 Å². The molecule has 0 saturated carbocycles. The molecule has 1 aliphatic heterocycles. The molecule has 1 heterocycles. The average molecular weight is 434 g/mol. The Labute approximate surface area is 186 Å². The fraction of sp³-hybridized carbons (Fsp3) is 0.280. The second kappa shape index (κ2) is 8.78. The van der Waals surface area contributed by atoms with Crippen molar-refractivity contribution in [3.05, 3.63) is 66.2 Å². The van der Waals surface area contributed by atoms with Gasteiger partial charge in [-0.05, 0) is 72.6 Å². The van der Waals surface area contributed by atoms with Crippen LogP contribution in [0.3, 0.4) is 0 Å². The molecule has 4 rings (SSSR count). The largest absolute Gasteiger partial charge is 0.497 e. The Morgan fingerprint density at radius 3 is 2.19 bits per heavy atom. The lowest BCUT2D eigenvalue weighted by atomic mass is 9.90. The first kappa shape index (κ1) is 21.5. The minimum absolute atomic E-state index is 0.151. The van der Waals surface area contributed by atoms with Gasteiger partial charge in [0, 0.05) is 0 Å². The number of nitrogens with zero attached hydrogens (tertiary/aromatic N) is 1. The summed E-state index contributed by atoms with van der Waals surface area (Å²) in [5, 5.41) is 4.80. The quantitative estimate of drug-likeness (QED) is 0.541. The topological polar surface area (TPSA) is 77.1 Å². The molecule has 0 aromatic heterocycles. The number of carbonyl (C=O) groups is 2. The summed E-state index contributed by atoms with van der Waals surface area (Å²) in [5.41, 5.74) is -0.409. The Kier molecular flexibility index (Phi) is 5.90. The van der Waals surface area contributed by atoms with E-state index >= 15 is 0 Å². The summed E-state index contributed by atoms with van der Waals surface area (Å²) < 4.78 is 16.4. The molecule has 1 fully saturated rings. The molecule has 1 aliphatic rings. The molecule has 32 heavy (non-hydrogen) atoms. The molecule has 3 aromatic carbocycles. The van der Waals surface area contributed by atoms with E-state index in [2.05, 4.69) is 5.32 Å². The number of hydrogen-bond donors (Lipinski definition) is 1. The van der Waals surface area contributed by atoms with E-state index in [1.165, 1.54) is 4.90 Å². The monoisotopic (exact) mass is 434 g/mol. The van der Waals surface area contributed by atoms with E-state index in [4.69, 9.17) is 14.2 Å². The molecule has 166 valence electrons.